The fourth-order valence-corrected chi connectivity index (χ4v) is 1.27. The average Bonchev–Trinajstić information content (AvgIpc) is 2.31. The number of anilines is 1. The van der Waals surface area contributed by atoms with Crippen LogP contribution in [0.1, 0.15) is 30.1 Å². The predicted octanol–water partition coefficient (Wildman–Crippen LogP) is 1.84. The maximum Gasteiger partial charge on any atom is 0.411 e. The Morgan fingerprint density at radius 3 is 2.78 bits per heavy atom. The fourth-order valence-electron chi connectivity index (χ4n) is 1.27. The third-order valence-electron chi connectivity index (χ3n) is 2.24. The quantitative estimate of drug-likeness (QED) is 0.549. The van der Waals surface area contributed by atoms with Gasteiger partial charge in [-0.2, -0.15) is 0 Å². The number of nitrogens with two attached hydrogens (primary N) is 1. The highest BCUT2D eigenvalue weighted by molar-refractivity contribution is 5.97. The van der Waals surface area contributed by atoms with Gasteiger partial charge in [-0.1, -0.05) is 13.3 Å². The number of carbonyl (C=O) groups excluding carboxylic acids is 2. The lowest BCUT2D eigenvalue weighted by molar-refractivity contribution is 0.0997. The van der Waals surface area contributed by atoms with E-state index in [1.807, 2.05) is 6.92 Å². The minimum Gasteiger partial charge on any atom is -0.507 e. The zero-order chi connectivity index (χ0) is 13.5. The fraction of sp³-hybridized carbons (Fsp3) is 0.333. The third kappa shape index (κ3) is 3.97. The van der Waals surface area contributed by atoms with Gasteiger partial charge in [-0.15, -0.1) is 0 Å². The Morgan fingerprint density at radius 1 is 1.44 bits per heavy atom. The second kappa shape index (κ2) is 6.48. The van der Waals surface area contributed by atoms with Crippen LogP contribution in [-0.4, -0.2) is 23.7 Å². The molecule has 0 atom stereocenters. The number of aromatic hydroxyl groups is 1. The average molecular weight is 252 g/mol. The zero-order valence-electron chi connectivity index (χ0n) is 10.1. The summed E-state index contributed by atoms with van der Waals surface area (Å²) in [5.41, 5.74) is 5.35. The van der Waals surface area contributed by atoms with Gasteiger partial charge in [0.05, 0.1) is 12.2 Å². The molecule has 0 unspecified atom stereocenters. The minimum atomic E-state index is -0.768. The van der Waals surface area contributed by atoms with Crippen LogP contribution in [0.15, 0.2) is 18.2 Å². The van der Waals surface area contributed by atoms with Crippen LogP contribution in [-0.2, 0) is 4.74 Å². The van der Waals surface area contributed by atoms with E-state index in [0.717, 1.165) is 12.8 Å². The summed E-state index contributed by atoms with van der Waals surface area (Å²) < 4.78 is 4.89. The summed E-state index contributed by atoms with van der Waals surface area (Å²) in [6, 6.07) is 4.02. The molecule has 0 radical (unpaired) electrons. The monoisotopic (exact) mass is 252 g/mol. The van der Waals surface area contributed by atoms with E-state index in [0.29, 0.717) is 12.3 Å². The van der Waals surface area contributed by atoms with Gasteiger partial charge in [-0.05, 0) is 24.6 Å². The van der Waals surface area contributed by atoms with E-state index in [-0.39, 0.29) is 11.3 Å². The molecular weight excluding hydrogens is 236 g/mol. The molecule has 0 fully saturated rings. The molecule has 6 nitrogen and oxygen atoms in total. The van der Waals surface area contributed by atoms with E-state index in [2.05, 4.69) is 5.32 Å². The largest absolute Gasteiger partial charge is 0.507 e. The number of phenols is 1. The Balaban J connectivity index is 2.65. The number of unbranched alkanes of at least 4 members (excludes halogenated alkanes) is 1. The number of hydrogen-bond acceptors (Lipinski definition) is 4. The van der Waals surface area contributed by atoms with Crippen molar-refractivity contribution in [2.45, 2.75) is 19.8 Å². The Bertz CT molecular complexity index is 446. The maximum atomic E-state index is 11.3. The minimum absolute atomic E-state index is 0.0543. The molecule has 18 heavy (non-hydrogen) atoms. The van der Waals surface area contributed by atoms with Crippen molar-refractivity contribution in [3.8, 4) is 5.75 Å². The molecule has 0 saturated carbocycles. The van der Waals surface area contributed by atoms with Gasteiger partial charge in [0.25, 0.3) is 5.91 Å². The topological polar surface area (TPSA) is 102 Å². The first-order chi connectivity index (χ1) is 8.54. The molecule has 4 N–H and O–H groups in total. The van der Waals surface area contributed by atoms with Crippen molar-refractivity contribution in [2.75, 3.05) is 11.9 Å². The molecular formula is C12H16N2O4. The number of rotatable bonds is 5. The number of amides is 2. The van der Waals surface area contributed by atoms with Crippen molar-refractivity contribution in [1.29, 1.82) is 0 Å². The van der Waals surface area contributed by atoms with Gasteiger partial charge in [0.1, 0.15) is 5.75 Å². The Morgan fingerprint density at radius 2 is 2.17 bits per heavy atom. The molecule has 6 heteroatoms. The SMILES string of the molecule is CCCCOC(=O)Nc1ccc(O)c(C(N)=O)c1. The van der Waals surface area contributed by atoms with Crippen LogP contribution in [0, 0.1) is 0 Å². The number of carbonyl (C=O) groups is 2. The molecule has 0 bridgehead atoms. The molecule has 0 aliphatic rings. The molecule has 0 spiro atoms. The molecule has 1 rings (SSSR count). The van der Waals surface area contributed by atoms with Gasteiger partial charge in [-0.3, -0.25) is 10.1 Å². The number of benzene rings is 1. The first-order valence-electron chi connectivity index (χ1n) is 5.61. The molecule has 98 valence electrons. The van der Waals surface area contributed by atoms with Crippen molar-refractivity contribution < 1.29 is 19.4 Å². The molecule has 1 aromatic rings. The van der Waals surface area contributed by atoms with Gasteiger partial charge in [-0.25, -0.2) is 4.79 Å². The van der Waals surface area contributed by atoms with Crippen LogP contribution >= 0.6 is 0 Å². The number of ether oxygens (including phenoxy) is 1. The first kappa shape index (κ1) is 13.8. The maximum absolute atomic E-state index is 11.3. The van der Waals surface area contributed by atoms with Crippen LogP contribution in [0.25, 0.3) is 0 Å². The molecule has 0 saturated heterocycles. The molecule has 0 heterocycles. The zero-order valence-corrected chi connectivity index (χ0v) is 10.1. The van der Waals surface area contributed by atoms with Crippen molar-refractivity contribution >= 4 is 17.7 Å². The lowest BCUT2D eigenvalue weighted by Gasteiger charge is -2.08. The van der Waals surface area contributed by atoms with Crippen LogP contribution in [0.4, 0.5) is 10.5 Å². The second-order valence-corrected chi connectivity index (χ2v) is 3.71. The van der Waals surface area contributed by atoms with Gasteiger partial charge in [0, 0.05) is 5.69 Å². The Labute approximate surface area is 105 Å². The summed E-state index contributed by atoms with van der Waals surface area (Å²) in [5, 5.41) is 11.8. The number of hydrogen-bond donors (Lipinski definition) is 3. The van der Waals surface area contributed by atoms with Crippen molar-refractivity contribution in [3.63, 3.8) is 0 Å². The van der Waals surface area contributed by atoms with Gasteiger partial charge >= 0.3 is 6.09 Å². The normalized spacial score (nSPS) is 9.83. The molecule has 0 aliphatic carbocycles. The number of nitrogens with one attached hydrogen (secondary N) is 1. The van der Waals surface area contributed by atoms with E-state index in [1.165, 1.54) is 18.2 Å². The van der Waals surface area contributed by atoms with E-state index >= 15 is 0 Å². The molecule has 2 amide bonds. The Kier molecular flexibility index (Phi) is 4.98. The molecule has 0 aromatic heterocycles. The summed E-state index contributed by atoms with van der Waals surface area (Å²) >= 11 is 0. The number of primary amides is 1. The van der Waals surface area contributed by atoms with E-state index in [1.54, 1.807) is 0 Å². The highest BCUT2D eigenvalue weighted by Gasteiger charge is 2.10. The highest BCUT2D eigenvalue weighted by Crippen LogP contribution is 2.20. The first-order valence-corrected chi connectivity index (χ1v) is 5.61. The second-order valence-electron chi connectivity index (χ2n) is 3.71. The van der Waals surface area contributed by atoms with Crippen molar-refractivity contribution in [1.82, 2.24) is 0 Å². The van der Waals surface area contributed by atoms with E-state index < -0.39 is 12.0 Å². The van der Waals surface area contributed by atoms with Crippen LogP contribution in [0.5, 0.6) is 5.75 Å². The lowest BCUT2D eigenvalue weighted by atomic mass is 10.1. The summed E-state index contributed by atoms with van der Waals surface area (Å²) in [5.74, 6) is -0.997. The van der Waals surface area contributed by atoms with Crippen LogP contribution < -0.4 is 11.1 Å². The van der Waals surface area contributed by atoms with Gasteiger partial charge in [0.2, 0.25) is 0 Å². The summed E-state index contributed by atoms with van der Waals surface area (Å²) in [4.78, 5) is 22.3. The smallest absolute Gasteiger partial charge is 0.411 e. The van der Waals surface area contributed by atoms with Crippen molar-refractivity contribution in [3.05, 3.63) is 23.8 Å². The standard InChI is InChI=1S/C12H16N2O4/c1-2-3-6-18-12(17)14-8-4-5-10(15)9(7-8)11(13)16/h4-5,7,15H,2-3,6H2,1H3,(H2,13,16)(H,14,17). The summed E-state index contributed by atoms with van der Waals surface area (Å²) in [6.07, 6.45) is 1.11. The van der Waals surface area contributed by atoms with E-state index in [9.17, 15) is 14.7 Å². The summed E-state index contributed by atoms with van der Waals surface area (Å²) in [7, 11) is 0. The lowest BCUT2D eigenvalue weighted by Crippen LogP contribution is -2.16. The van der Waals surface area contributed by atoms with Crippen LogP contribution in [0.3, 0.4) is 0 Å². The molecule has 0 aliphatic heterocycles. The van der Waals surface area contributed by atoms with E-state index in [4.69, 9.17) is 10.5 Å². The van der Waals surface area contributed by atoms with Gasteiger partial charge < -0.3 is 15.6 Å². The third-order valence-corrected chi connectivity index (χ3v) is 2.24. The van der Waals surface area contributed by atoms with Crippen molar-refractivity contribution in [2.24, 2.45) is 5.73 Å². The van der Waals surface area contributed by atoms with Crippen LogP contribution in [0.2, 0.25) is 0 Å². The van der Waals surface area contributed by atoms with Gasteiger partial charge in [0.15, 0.2) is 0 Å². The molecule has 1 aromatic carbocycles. The predicted molar refractivity (Wildman–Crippen MR) is 66.5 cm³/mol. The highest BCUT2D eigenvalue weighted by atomic mass is 16.5. The summed E-state index contributed by atoms with van der Waals surface area (Å²) in [6.45, 7) is 2.32. The Hall–Kier alpha value is -2.24.